The van der Waals surface area contributed by atoms with Crippen molar-refractivity contribution in [2.45, 2.75) is 26.8 Å². The number of fused-ring (bicyclic) bond motifs is 1. The SMILES string of the molecule is Cc1ccc(C(NC(=O)c2cc3c(C)nn(C)c3s2)C(=O)O)cc1C. The molecule has 1 aromatic carbocycles. The van der Waals surface area contributed by atoms with E-state index >= 15 is 0 Å². The van der Waals surface area contributed by atoms with Gasteiger partial charge in [0, 0.05) is 12.4 Å². The Morgan fingerprint density at radius 1 is 1.20 bits per heavy atom. The van der Waals surface area contributed by atoms with E-state index in [-0.39, 0.29) is 0 Å². The number of carboxylic acid groups (broad SMARTS) is 1. The van der Waals surface area contributed by atoms with Gasteiger partial charge in [-0.2, -0.15) is 5.10 Å². The first kappa shape index (κ1) is 17.2. The predicted molar refractivity (Wildman–Crippen MR) is 97.1 cm³/mol. The van der Waals surface area contributed by atoms with Crippen LogP contribution in [0.2, 0.25) is 0 Å². The van der Waals surface area contributed by atoms with Crippen LogP contribution in [0.15, 0.2) is 24.3 Å². The Morgan fingerprint density at radius 2 is 1.92 bits per heavy atom. The Balaban J connectivity index is 1.90. The number of nitrogens with zero attached hydrogens (tertiary/aromatic N) is 2. The van der Waals surface area contributed by atoms with Crippen molar-refractivity contribution in [2.75, 3.05) is 0 Å². The van der Waals surface area contributed by atoms with Gasteiger partial charge >= 0.3 is 5.97 Å². The van der Waals surface area contributed by atoms with Gasteiger partial charge in [0.05, 0.1) is 10.6 Å². The summed E-state index contributed by atoms with van der Waals surface area (Å²) in [5.41, 5.74) is 3.47. The number of carbonyl (C=O) groups excluding carboxylic acids is 1. The molecule has 1 amide bonds. The second kappa shape index (κ2) is 6.33. The molecule has 2 heterocycles. The molecular weight excluding hydrogens is 338 g/mol. The molecule has 0 saturated heterocycles. The highest BCUT2D eigenvalue weighted by Gasteiger charge is 2.24. The summed E-state index contributed by atoms with van der Waals surface area (Å²) in [5.74, 6) is -1.48. The van der Waals surface area contributed by atoms with Crippen LogP contribution in [0.4, 0.5) is 0 Å². The molecule has 1 atom stereocenters. The molecule has 0 saturated carbocycles. The third-order valence-electron chi connectivity index (χ3n) is 4.31. The minimum atomic E-state index is -1.09. The number of carboxylic acids is 1. The molecule has 3 rings (SSSR count). The van der Waals surface area contributed by atoms with Crippen LogP contribution in [0.25, 0.3) is 10.2 Å². The molecule has 0 aliphatic carbocycles. The van der Waals surface area contributed by atoms with E-state index in [9.17, 15) is 14.7 Å². The minimum absolute atomic E-state index is 0.397. The Labute approximate surface area is 149 Å². The molecule has 0 bridgehead atoms. The van der Waals surface area contributed by atoms with Crippen LogP contribution < -0.4 is 5.32 Å². The van der Waals surface area contributed by atoms with Gasteiger partial charge in [-0.25, -0.2) is 4.79 Å². The van der Waals surface area contributed by atoms with Crippen molar-refractivity contribution in [3.8, 4) is 0 Å². The predicted octanol–water partition coefficient (Wildman–Crippen LogP) is 3.12. The Kier molecular flexibility index (Phi) is 4.34. The number of benzene rings is 1. The van der Waals surface area contributed by atoms with Gasteiger partial charge in [-0.15, -0.1) is 11.3 Å². The first-order chi connectivity index (χ1) is 11.8. The largest absolute Gasteiger partial charge is 0.479 e. The molecular formula is C18H19N3O3S. The standard InChI is InChI=1S/C18H19N3O3S/c1-9-5-6-12(7-10(9)2)15(18(23)24)19-16(22)14-8-13-11(3)20-21(4)17(13)25-14/h5-8,15H,1-4H3,(H,19,22)(H,23,24). The summed E-state index contributed by atoms with van der Waals surface area (Å²) < 4.78 is 1.73. The molecule has 0 fully saturated rings. The van der Waals surface area contributed by atoms with Crippen molar-refractivity contribution >= 4 is 33.4 Å². The summed E-state index contributed by atoms with van der Waals surface area (Å²) in [7, 11) is 1.82. The van der Waals surface area contributed by atoms with Crippen LogP contribution in [0.3, 0.4) is 0 Å². The number of aryl methyl sites for hydroxylation is 4. The highest BCUT2D eigenvalue weighted by molar-refractivity contribution is 7.20. The third-order valence-corrected chi connectivity index (χ3v) is 5.51. The molecule has 2 aromatic heterocycles. The monoisotopic (exact) mass is 357 g/mol. The van der Waals surface area contributed by atoms with Gasteiger partial charge in [0.1, 0.15) is 4.83 Å². The van der Waals surface area contributed by atoms with E-state index in [2.05, 4.69) is 10.4 Å². The van der Waals surface area contributed by atoms with E-state index < -0.39 is 17.9 Å². The number of aromatic nitrogens is 2. The van der Waals surface area contributed by atoms with Crippen LogP contribution in [0.1, 0.15) is 38.1 Å². The maximum absolute atomic E-state index is 12.6. The number of hydrogen-bond donors (Lipinski definition) is 2. The summed E-state index contributed by atoms with van der Waals surface area (Å²) in [6.45, 7) is 5.76. The van der Waals surface area contributed by atoms with Gasteiger partial charge in [-0.3, -0.25) is 9.48 Å². The Hall–Kier alpha value is -2.67. The van der Waals surface area contributed by atoms with Crippen molar-refractivity contribution in [3.05, 3.63) is 51.5 Å². The lowest BCUT2D eigenvalue weighted by atomic mass is 10.0. The molecule has 130 valence electrons. The quantitative estimate of drug-likeness (QED) is 0.751. The van der Waals surface area contributed by atoms with E-state index in [1.165, 1.54) is 11.3 Å². The number of thiophene rings is 1. The highest BCUT2D eigenvalue weighted by Crippen LogP contribution is 2.28. The number of amides is 1. The van der Waals surface area contributed by atoms with Crippen molar-refractivity contribution in [3.63, 3.8) is 0 Å². The summed E-state index contributed by atoms with van der Waals surface area (Å²) in [4.78, 5) is 25.6. The van der Waals surface area contributed by atoms with Gasteiger partial charge in [0.15, 0.2) is 6.04 Å². The lowest BCUT2D eigenvalue weighted by Crippen LogP contribution is -2.33. The molecule has 0 spiro atoms. The lowest BCUT2D eigenvalue weighted by Gasteiger charge is -2.15. The average molecular weight is 357 g/mol. The van der Waals surface area contributed by atoms with Gasteiger partial charge in [-0.1, -0.05) is 18.2 Å². The fraction of sp³-hybridized carbons (Fsp3) is 0.278. The smallest absolute Gasteiger partial charge is 0.330 e. The van der Waals surface area contributed by atoms with Gasteiger partial charge in [0.2, 0.25) is 0 Å². The summed E-state index contributed by atoms with van der Waals surface area (Å²) >= 11 is 1.30. The average Bonchev–Trinajstić information content (AvgIpc) is 3.09. The normalized spacial score (nSPS) is 12.3. The van der Waals surface area contributed by atoms with Crippen LogP contribution >= 0.6 is 11.3 Å². The zero-order chi connectivity index (χ0) is 18.3. The maximum Gasteiger partial charge on any atom is 0.330 e. The van der Waals surface area contributed by atoms with Gasteiger partial charge in [-0.05, 0) is 43.5 Å². The van der Waals surface area contributed by atoms with Crippen molar-refractivity contribution < 1.29 is 14.7 Å². The lowest BCUT2D eigenvalue weighted by molar-refractivity contribution is -0.139. The van der Waals surface area contributed by atoms with E-state index in [1.54, 1.807) is 22.9 Å². The van der Waals surface area contributed by atoms with E-state index in [0.29, 0.717) is 10.4 Å². The van der Waals surface area contributed by atoms with Crippen LogP contribution in [0.5, 0.6) is 0 Å². The summed E-state index contributed by atoms with van der Waals surface area (Å²) in [5, 5.41) is 17.4. The second-order valence-electron chi connectivity index (χ2n) is 6.13. The fourth-order valence-electron chi connectivity index (χ4n) is 2.75. The van der Waals surface area contributed by atoms with Crippen LogP contribution in [0, 0.1) is 20.8 Å². The first-order valence-electron chi connectivity index (χ1n) is 7.82. The van der Waals surface area contributed by atoms with Crippen molar-refractivity contribution in [2.24, 2.45) is 7.05 Å². The zero-order valence-corrected chi connectivity index (χ0v) is 15.3. The number of hydrogen-bond acceptors (Lipinski definition) is 4. The maximum atomic E-state index is 12.6. The van der Waals surface area contributed by atoms with Crippen molar-refractivity contribution in [1.82, 2.24) is 15.1 Å². The topological polar surface area (TPSA) is 84.2 Å². The Morgan fingerprint density at radius 3 is 2.52 bits per heavy atom. The summed E-state index contributed by atoms with van der Waals surface area (Å²) in [6, 6.07) is 6.07. The first-order valence-corrected chi connectivity index (χ1v) is 8.63. The van der Waals surface area contributed by atoms with Gasteiger partial charge < -0.3 is 10.4 Å². The molecule has 7 heteroatoms. The Bertz CT molecular complexity index is 953. The highest BCUT2D eigenvalue weighted by atomic mass is 32.1. The number of nitrogens with one attached hydrogen (secondary N) is 1. The van der Waals surface area contributed by atoms with E-state index in [1.807, 2.05) is 33.9 Å². The van der Waals surface area contributed by atoms with E-state index in [4.69, 9.17) is 0 Å². The summed E-state index contributed by atoms with van der Waals surface area (Å²) in [6.07, 6.45) is 0. The number of carbonyl (C=O) groups is 2. The van der Waals surface area contributed by atoms with Crippen molar-refractivity contribution in [1.29, 1.82) is 0 Å². The molecule has 6 nitrogen and oxygen atoms in total. The molecule has 2 N–H and O–H groups in total. The van der Waals surface area contributed by atoms with E-state index in [0.717, 1.165) is 27.0 Å². The second-order valence-corrected chi connectivity index (χ2v) is 7.16. The third kappa shape index (κ3) is 3.15. The fourth-order valence-corrected chi connectivity index (χ4v) is 3.78. The molecule has 0 aliphatic rings. The zero-order valence-electron chi connectivity index (χ0n) is 14.5. The molecule has 3 aromatic rings. The minimum Gasteiger partial charge on any atom is -0.479 e. The number of rotatable bonds is 4. The molecule has 0 radical (unpaired) electrons. The molecule has 0 aliphatic heterocycles. The van der Waals surface area contributed by atoms with Crippen LogP contribution in [-0.4, -0.2) is 26.8 Å². The number of aliphatic carboxylic acids is 1. The van der Waals surface area contributed by atoms with Crippen LogP contribution in [-0.2, 0) is 11.8 Å². The van der Waals surface area contributed by atoms with Gasteiger partial charge in [0.25, 0.3) is 5.91 Å². The molecule has 1 unspecified atom stereocenters. The molecule has 25 heavy (non-hydrogen) atoms.